The van der Waals surface area contributed by atoms with Gasteiger partial charge in [0, 0.05) is 11.8 Å². The minimum absolute atomic E-state index is 0.0687. The van der Waals surface area contributed by atoms with Gasteiger partial charge in [-0.3, -0.25) is 4.79 Å². The molecule has 2 aromatic carbocycles. The maximum Gasteiger partial charge on any atom is 0.185 e. The van der Waals surface area contributed by atoms with Crippen LogP contribution in [0.5, 0.6) is 5.75 Å². The molecule has 5 heteroatoms. The third kappa shape index (κ3) is 4.29. The first kappa shape index (κ1) is 17.0. The molecular formula is C18H18O4S. The second-order valence-corrected chi connectivity index (χ2v) is 7.23. The van der Waals surface area contributed by atoms with Crippen LogP contribution in [-0.4, -0.2) is 27.6 Å². The second kappa shape index (κ2) is 6.79. The lowest BCUT2D eigenvalue weighted by Gasteiger charge is -2.08. The average Bonchev–Trinajstić information content (AvgIpc) is 2.51. The molecule has 0 aromatic heterocycles. The van der Waals surface area contributed by atoms with Gasteiger partial charge in [-0.2, -0.15) is 0 Å². The summed E-state index contributed by atoms with van der Waals surface area (Å²) in [6.45, 7) is 1.98. The van der Waals surface area contributed by atoms with Crippen molar-refractivity contribution in [3.63, 3.8) is 0 Å². The van der Waals surface area contributed by atoms with Gasteiger partial charge in [-0.05, 0) is 36.8 Å². The van der Waals surface area contributed by atoms with Crippen LogP contribution in [0.15, 0.2) is 53.4 Å². The van der Waals surface area contributed by atoms with Gasteiger partial charge in [0.05, 0.1) is 7.11 Å². The molecule has 0 saturated carbocycles. The van der Waals surface area contributed by atoms with Crippen molar-refractivity contribution in [1.82, 2.24) is 0 Å². The summed E-state index contributed by atoms with van der Waals surface area (Å²) >= 11 is 0. The maximum atomic E-state index is 12.2. The Kier molecular flexibility index (Phi) is 5.01. The highest BCUT2D eigenvalue weighted by Crippen LogP contribution is 2.25. The molecule has 4 nitrogen and oxygen atoms in total. The Morgan fingerprint density at radius 1 is 1.13 bits per heavy atom. The van der Waals surface area contributed by atoms with Crippen molar-refractivity contribution >= 4 is 21.7 Å². The van der Waals surface area contributed by atoms with Crippen LogP contribution < -0.4 is 4.74 Å². The maximum absolute atomic E-state index is 12.2. The summed E-state index contributed by atoms with van der Waals surface area (Å²) in [4.78, 5) is 12.3. The molecule has 0 spiro atoms. The zero-order valence-electron chi connectivity index (χ0n) is 13.2. The molecule has 0 saturated heterocycles. The quantitative estimate of drug-likeness (QED) is 0.623. The molecule has 0 radical (unpaired) electrons. The van der Waals surface area contributed by atoms with Gasteiger partial charge in [-0.15, -0.1) is 0 Å². The van der Waals surface area contributed by atoms with Crippen LogP contribution in [0.2, 0.25) is 0 Å². The number of ether oxygens (including phenoxy) is 1. The molecule has 0 amide bonds. The number of allylic oxidation sites excluding steroid dienone is 1. The van der Waals surface area contributed by atoms with E-state index in [2.05, 4.69) is 0 Å². The Hall–Kier alpha value is -2.40. The van der Waals surface area contributed by atoms with Crippen molar-refractivity contribution in [1.29, 1.82) is 0 Å². The van der Waals surface area contributed by atoms with E-state index in [4.69, 9.17) is 4.74 Å². The van der Waals surface area contributed by atoms with Crippen LogP contribution in [0.3, 0.4) is 0 Å². The van der Waals surface area contributed by atoms with Crippen LogP contribution in [0, 0.1) is 6.92 Å². The van der Waals surface area contributed by atoms with E-state index >= 15 is 0 Å². The molecule has 0 aliphatic heterocycles. The van der Waals surface area contributed by atoms with Gasteiger partial charge in [0.15, 0.2) is 15.6 Å². The lowest BCUT2D eigenvalue weighted by molar-refractivity contribution is 0.104. The van der Waals surface area contributed by atoms with E-state index in [1.54, 1.807) is 6.08 Å². The summed E-state index contributed by atoms with van der Waals surface area (Å²) < 4.78 is 28.4. The number of carbonyl (C=O) groups is 1. The number of ketones is 1. The fraction of sp³-hybridized carbons (Fsp3) is 0.167. The third-order valence-corrected chi connectivity index (χ3v) is 4.45. The van der Waals surface area contributed by atoms with E-state index in [1.165, 1.54) is 31.4 Å². The van der Waals surface area contributed by atoms with Gasteiger partial charge in [0.2, 0.25) is 0 Å². The zero-order chi connectivity index (χ0) is 17.0. The summed E-state index contributed by atoms with van der Waals surface area (Å²) in [7, 11) is -2.03. The minimum Gasteiger partial charge on any atom is -0.495 e. The van der Waals surface area contributed by atoms with E-state index in [1.807, 2.05) is 31.2 Å². The second-order valence-electron chi connectivity index (χ2n) is 5.25. The minimum atomic E-state index is -3.40. The molecule has 0 fully saturated rings. The van der Waals surface area contributed by atoms with Crippen LogP contribution in [0.4, 0.5) is 0 Å². The summed E-state index contributed by atoms with van der Waals surface area (Å²) in [5.74, 6) is -0.0489. The first-order valence-corrected chi connectivity index (χ1v) is 8.87. The summed E-state index contributed by atoms with van der Waals surface area (Å²) in [6.07, 6.45) is 4.29. The highest BCUT2D eigenvalue weighted by Gasteiger charge is 2.16. The number of methoxy groups -OCH3 is 1. The van der Waals surface area contributed by atoms with Crippen LogP contribution in [0.1, 0.15) is 21.5 Å². The standard InChI is InChI=1S/C18H18O4S/c1-13-5-4-6-14(11-13)7-9-16(19)15-8-10-18(23(3,20)21)17(12-15)22-2/h4-12H,1-3H3/b9-7+. The Bertz CT molecular complexity index is 864. The number of benzene rings is 2. The largest absolute Gasteiger partial charge is 0.495 e. The van der Waals surface area contributed by atoms with Crippen molar-refractivity contribution in [2.24, 2.45) is 0 Å². The van der Waals surface area contributed by atoms with Gasteiger partial charge < -0.3 is 4.74 Å². The summed E-state index contributed by atoms with van der Waals surface area (Å²) in [5, 5.41) is 0. The van der Waals surface area contributed by atoms with Gasteiger partial charge in [0.1, 0.15) is 10.6 Å². The lowest BCUT2D eigenvalue weighted by Crippen LogP contribution is -2.03. The number of carbonyl (C=O) groups excluding carboxylic acids is 1. The predicted molar refractivity (Wildman–Crippen MR) is 90.6 cm³/mol. The summed E-state index contributed by atoms with van der Waals surface area (Å²) in [5.41, 5.74) is 2.41. The van der Waals surface area contributed by atoms with E-state index in [0.29, 0.717) is 5.56 Å². The Morgan fingerprint density at radius 3 is 2.48 bits per heavy atom. The monoisotopic (exact) mass is 330 g/mol. The zero-order valence-corrected chi connectivity index (χ0v) is 14.1. The molecule has 0 heterocycles. The molecule has 0 aliphatic rings. The predicted octanol–water partition coefficient (Wildman–Crippen LogP) is 3.30. The molecule has 2 rings (SSSR count). The van der Waals surface area contributed by atoms with E-state index in [-0.39, 0.29) is 16.4 Å². The highest BCUT2D eigenvalue weighted by atomic mass is 32.2. The fourth-order valence-corrected chi connectivity index (χ4v) is 2.99. The first-order chi connectivity index (χ1) is 10.8. The van der Waals surface area contributed by atoms with Gasteiger partial charge in [-0.25, -0.2) is 8.42 Å². The van der Waals surface area contributed by atoms with Crippen molar-refractivity contribution < 1.29 is 17.9 Å². The Balaban J connectivity index is 2.30. The first-order valence-electron chi connectivity index (χ1n) is 6.98. The molecule has 2 aromatic rings. The molecule has 120 valence electrons. The summed E-state index contributed by atoms with van der Waals surface area (Å²) in [6, 6.07) is 12.1. The Labute approximate surface area is 136 Å². The Morgan fingerprint density at radius 2 is 1.87 bits per heavy atom. The number of sulfone groups is 1. The topological polar surface area (TPSA) is 60.4 Å². The SMILES string of the molecule is COc1cc(C(=O)/C=C/c2cccc(C)c2)ccc1S(C)(=O)=O. The number of hydrogen-bond acceptors (Lipinski definition) is 4. The molecule has 23 heavy (non-hydrogen) atoms. The molecule has 0 atom stereocenters. The van der Waals surface area contributed by atoms with Gasteiger partial charge in [-0.1, -0.05) is 35.9 Å². The number of aryl methyl sites for hydroxylation is 1. The van der Waals surface area contributed by atoms with Gasteiger partial charge in [0.25, 0.3) is 0 Å². The van der Waals surface area contributed by atoms with Crippen molar-refractivity contribution in [3.8, 4) is 5.75 Å². The van der Waals surface area contributed by atoms with E-state index in [9.17, 15) is 13.2 Å². The van der Waals surface area contributed by atoms with E-state index in [0.717, 1.165) is 17.4 Å². The molecule has 0 bridgehead atoms. The highest BCUT2D eigenvalue weighted by molar-refractivity contribution is 7.90. The molecule has 0 unspecified atom stereocenters. The molecular weight excluding hydrogens is 312 g/mol. The van der Waals surface area contributed by atoms with E-state index < -0.39 is 9.84 Å². The van der Waals surface area contributed by atoms with Crippen LogP contribution >= 0.6 is 0 Å². The van der Waals surface area contributed by atoms with Crippen molar-refractivity contribution in [2.45, 2.75) is 11.8 Å². The lowest BCUT2D eigenvalue weighted by atomic mass is 10.1. The smallest absolute Gasteiger partial charge is 0.185 e. The molecule has 0 N–H and O–H groups in total. The fourth-order valence-electron chi connectivity index (χ4n) is 2.17. The average molecular weight is 330 g/mol. The van der Waals surface area contributed by atoms with Crippen LogP contribution in [0.25, 0.3) is 6.08 Å². The van der Waals surface area contributed by atoms with Crippen molar-refractivity contribution in [3.05, 3.63) is 65.2 Å². The van der Waals surface area contributed by atoms with Gasteiger partial charge >= 0.3 is 0 Å². The third-order valence-electron chi connectivity index (χ3n) is 3.32. The normalized spacial score (nSPS) is 11.6. The van der Waals surface area contributed by atoms with Crippen LogP contribution in [-0.2, 0) is 9.84 Å². The molecule has 0 aliphatic carbocycles. The van der Waals surface area contributed by atoms with Crippen molar-refractivity contribution in [2.75, 3.05) is 13.4 Å². The number of rotatable bonds is 5. The number of hydrogen-bond donors (Lipinski definition) is 0.